The van der Waals surface area contributed by atoms with Crippen LogP contribution in [-0.2, 0) is 16.1 Å². The number of phenols is 1. The molecule has 8 heteroatoms. The molecule has 1 saturated heterocycles. The normalized spacial score (nSPS) is 17.1. The fraction of sp³-hybridized carbons (Fsp3) is 0.192. The van der Waals surface area contributed by atoms with E-state index in [0.29, 0.717) is 23.5 Å². The number of aliphatic hydroxyl groups excluding tert-OH is 1. The number of Topliss-reactive ketones (excluding diaryl/α,β-unsaturated/α-hetero) is 1. The molecule has 2 heterocycles. The summed E-state index contributed by atoms with van der Waals surface area (Å²) in [5, 5.41) is 21.3. The molecule has 1 aliphatic rings. The van der Waals surface area contributed by atoms with Crippen molar-refractivity contribution in [3.63, 3.8) is 0 Å². The first-order valence-corrected chi connectivity index (χ1v) is 10.7. The third-order valence-corrected chi connectivity index (χ3v) is 5.55. The average molecular weight is 460 g/mol. The van der Waals surface area contributed by atoms with Crippen LogP contribution >= 0.6 is 0 Å². The summed E-state index contributed by atoms with van der Waals surface area (Å²) in [5.41, 5.74) is 1.51. The maximum atomic E-state index is 13.2. The van der Waals surface area contributed by atoms with Gasteiger partial charge in [0, 0.05) is 24.5 Å². The zero-order valence-electron chi connectivity index (χ0n) is 18.8. The summed E-state index contributed by atoms with van der Waals surface area (Å²) in [5.74, 6) is -1.24. The number of methoxy groups -OCH3 is 1. The number of hydrogen-bond acceptors (Lipinski definition) is 7. The predicted molar refractivity (Wildman–Crippen MR) is 124 cm³/mol. The number of carbonyl (C=O) groups excluding carboxylic acids is 2. The number of likely N-dealkylation sites (tertiary alicyclic amines) is 1. The highest BCUT2D eigenvalue weighted by Gasteiger charge is 2.46. The summed E-state index contributed by atoms with van der Waals surface area (Å²) in [7, 11) is 1.41. The average Bonchev–Trinajstić information content (AvgIpc) is 3.10. The van der Waals surface area contributed by atoms with Gasteiger partial charge in [-0.05, 0) is 48.4 Å². The molecule has 2 N–H and O–H groups in total. The van der Waals surface area contributed by atoms with E-state index in [0.717, 1.165) is 5.56 Å². The highest BCUT2D eigenvalue weighted by molar-refractivity contribution is 6.46. The van der Waals surface area contributed by atoms with Crippen molar-refractivity contribution in [3.05, 3.63) is 89.3 Å². The van der Waals surface area contributed by atoms with Gasteiger partial charge >= 0.3 is 0 Å². The second kappa shape index (κ2) is 9.66. The summed E-state index contributed by atoms with van der Waals surface area (Å²) >= 11 is 0. The van der Waals surface area contributed by atoms with E-state index in [2.05, 4.69) is 4.98 Å². The SMILES string of the molecule is CCOc1cccc(C(O)=C2C(=O)C(=O)N(Cc3cccnc3)C2c2ccc(O)c(OC)c2)c1. The molecule has 8 nitrogen and oxygen atoms in total. The van der Waals surface area contributed by atoms with Gasteiger partial charge in [0.2, 0.25) is 0 Å². The zero-order valence-corrected chi connectivity index (χ0v) is 18.8. The molecule has 1 amide bonds. The Balaban J connectivity index is 1.88. The lowest BCUT2D eigenvalue weighted by Gasteiger charge is -2.25. The van der Waals surface area contributed by atoms with E-state index in [9.17, 15) is 19.8 Å². The van der Waals surface area contributed by atoms with Gasteiger partial charge in [-0.1, -0.05) is 24.3 Å². The van der Waals surface area contributed by atoms with Gasteiger partial charge < -0.3 is 24.6 Å². The fourth-order valence-corrected chi connectivity index (χ4v) is 4.00. The molecule has 2 aromatic carbocycles. The van der Waals surface area contributed by atoms with E-state index in [1.165, 1.54) is 18.1 Å². The Morgan fingerprint density at radius 2 is 1.94 bits per heavy atom. The topological polar surface area (TPSA) is 109 Å². The van der Waals surface area contributed by atoms with Crippen molar-refractivity contribution in [3.8, 4) is 17.2 Å². The van der Waals surface area contributed by atoms with Crippen molar-refractivity contribution in [2.45, 2.75) is 19.5 Å². The van der Waals surface area contributed by atoms with Gasteiger partial charge in [-0.25, -0.2) is 0 Å². The smallest absolute Gasteiger partial charge is 0.295 e. The van der Waals surface area contributed by atoms with Crippen molar-refractivity contribution < 1.29 is 29.3 Å². The molecule has 174 valence electrons. The number of ether oxygens (including phenoxy) is 2. The van der Waals surface area contributed by atoms with Crippen LogP contribution in [0.2, 0.25) is 0 Å². The molecule has 0 spiro atoms. The number of phenolic OH excluding ortho intramolecular Hbond substituents is 1. The molecule has 1 fully saturated rings. The molecular formula is C26H24N2O6. The van der Waals surface area contributed by atoms with Crippen LogP contribution in [-0.4, -0.2) is 45.5 Å². The molecule has 1 aliphatic heterocycles. The summed E-state index contributed by atoms with van der Waals surface area (Å²) in [6, 6.07) is 13.9. The van der Waals surface area contributed by atoms with Gasteiger partial charge in [-0.2, -0.15) is 0 Å². The second-order valence-corrected chi connectivity index (χ2v) is 7.68. The van der Waals surface area contributed by atoms with E-state index in [1.54, 1.807) is 60.9 Å². The molecule has 0 aliphatic carbocycles. The number of hydrogen-bond donors (Lipinski definition) is 2. The second-order valence-electron chi connectivity index (χ2n) is 7.68. The first-order valence-electron chi connectivity index (χ1n) is 10.7. The molecule has 0 radical (unpaired) electrons. The standard InChI is InChI=1S/C26H24N2O6/c1-3-34-19-8-4-7-18(12-19)24(30)22-23(17-9-10-20(29)21(13-17)33-2)28(26(32)25(22)31)15-16-6-5-11-27-14-16/h4-14,23,29-30H,3,15H2,1-2H3. The molecule has 3 aromatic rings. The Kier molecular flexibility index (Phi) is 6.49. The lowest BCUT2D eigenvalue weighted by atomic mass is 9.94. The molecule has 0 bridgehead atoms. The lowest BCUT2D eigenvalue weighted by Crippen LogP contribution is -2.29. The van der Waals surface area contributed by atoms with E-state index in [-0.39, 0.29) is 29.4 Å². The number of pyridine rings is 1. The Labute approximate surface area is 196 Å². The highest BCUT2D eigenvalue weighted by Crippen LogP contribution is 2.42. The summed E-state index contributed by atoms with van der Waals surface area (Å²) < 4.78 is 10.7. The number of amides is 1. The maximum absolute atomic E-state index is 13.2. The van der Waals surface area contributed by atoms with E-state index in [4.69, 9.17) is 9.47 Å². The van der Waals surface area contributed by atoms with E-state index < -0.39 is 17.7 Å². The number of aromatic hydroxyl groups is 1. The summed E-state index contributed by atoms with van der Waals surface area (Å²) in [4.78, 5) is 31.8. The molecular weight excluding hydrogens is 436 g/mol. The lowest BCUT2D eigenvalue weighted by molar-refractivity contribution is -0.140. The molecule has 0 saturated carbocycles. The quantitative estimate of drug-likeness (QED) is 0.313. The van der Waals surface area contributed by atoms with Crippen LogP contribution in [0.15, 0.2) is 72.6 Å². The van der Waals surface area contributed by atoms with Gasteiger partial charge in [-0.3, -0.25) is 14.6 Å². The van der Waals surface area contributed by atoms with E-state index in [1.807, 2.05) is 6.92 Å². The Morgan fingerprint density at radius 1 is 1.12 bits per heavy atom. The minimum atomic E-state index is -0.912. The number of aromatic nitrogens is 1. The maximum Gasteiger partial charge on any atom is 0.295 e. The largest absolute Gasteiger partial charge is 0.507 e. The van der Waals surface area contributed by atoms with Crippen LogP contribution in [0.4, 0.5) is 0 Å². The van der Waals surface area contributed by atoms with Crippen LogP contribution in [0.25, 0.3) is 5.76 Å². The monoisotopic (exact) mass is 460 g/mol. The van der Waals surface area contributed by atoms with Gasteiger partial charge in [0.05, 0.1) is 25.3 Å². The van der Waals surface area contributed by atoms with Gasteiger partial charge in [-0.15, -0.1) is 0 Å². The van der Waals surface area contributed by atoms with Gasteiger partial charge in [0.15, 0.2) is 11.5 Å². The number of ketones is 1. The van der Waals surface area contributed by atoms with Crippen molar-refractivity contribution >= 4 is 17.4 Å². The Bertz CT molecular complexity index is 1260. The minimum absolute atomic E-state index is 0.0599. The summed E-state index contributed by atoms with van der Waals surface area (Å²) in [6.07, 6.45) is 3.23. The first-order chi connectivity index (χ1) is 16.4. The number of rotatable bonds is 7. The number of carbonyl (C=O) groups is 2. The van der Waals surface area contributed by atoms with Crippen molar-refractivity contribution in [1.29, 1.82) is 0 Å². The third-order valence-electron chi connectivity index (χ3n) is 5.55. The predicted octanol–water partition coefficient (Wildman–Crippen LogP) is 3.82. The van der Waals surface area contributed by atoms with Crippen LogP contribution in [0.1, 0.15) is 29.7 Å². The Morgan fingerprint density at radius 3 is 2.65 bits per heavy atom. The molecule has 1 unspecified atom stereocenters. The molecule has 4 rings (SSSR count). The van der Waals surface area contributed by atoms with Gasteiger partial charge in [0.25, 0.3) is 11.7 Å². The summed E-state index contributed by atoms with van der Waals surface area (Å²) in [6.45, 7) is 2.38. The first kappa shape index (κ1) is 22.8. The molecule has 34 heavy (non-hydrogen) atoms. The van der Waals surface area contributed by atoms with Crippen LogP contribution in [0.5, 0.6) is 17.2 Å². The van der Waals surface area contributed by atoms with Gasteiger partial charge in [0.1, 0.15) is 11.5 Å². The Hall–Kier alpha value is -4.33. The van der Waals surface area contributed by atoms with Crippen molar-refractivity contribution in [2.75, 3.05) is 13.7 Å². The number of benzene rings is 2. The van der Waals surface area contributed by atoms with E-state index >= 15 is 0 Å². The fourth-order valence-electron chi connectivity index (χ4n) is 4.00. The third kappa shape index (κ3) is 4.30. The zero-order chi connectivity index (χ0) is 24.2. The number of aliphatic hydroxyl groups is 1. The van der Waals surface area contributed by atoms with Crippen molar-refractivity contribution in [1.82, 2.24) is 9.88 Å². The van der Waals surface area contributed by atoms with Crippen molar-refractivity contribution in [2.24, 2.45) is 0 Å². The molecule has 1 aromatic heterocycles. The molecule has 1 atom stereocenters. The highest BCUT2D eigenvalue weighted by atomic mass is 16.5. The van der Waals surface area contributed by atoms with Crippen LogP contribution < -0.4 is 9.47 Å². The number of nitrogens with zero attached hydrogens (tertiary/aromatic N) is 2. The van der Waals surface area contributed by atoms with Crippen LogP contribution in [0.3, 0.4) is 0 Å². The minimum Gasteiger partial charge on any atom is -0.507 e. The van der Waals surface area contributed by atoms with Crippen LogP contribution in [0, 0.1) is 0 Å².